The second-order valence-corrected chi connectivity index (χ2v) is 16.2. The van der Waals surface area contributed by atoms with E-state index < -0.39 is 18.3 Å². The number of hydrogen-bond donors (Lipinski definition) is 0. The lowest BCUT2D eigenvalue weighted by molar-refractivity contribution is 0.00578. The van der Waals surface area contributed by atoms with E-state index in [1.54, 1.807) is 24.3 Å². The summed E-state index contributed by atoms with van der Waals surface area (Å²) in [5.41, 5.74) is 6.46. The van der Waals surface area contributed by atoms with Crippen LogP contribution < -0.4 is 5.46 Å². The number of benzene rings is 4. The van der Waals surface area contributed by atoms with Gasteiger partial charge in [0.2, 0.25) is 0 Å². The molecule has 3 fully saturated rings. The third-order valence-electron chi connectivity index (χ3n) is 12.6. The molecule has 264 valence electrons. The Balaban J connectivity index is 1.19. The first-order valence-electron chi connectivity index (χ1n) is 18.8. The number of hydrogen-bond acceptors (Lipinski definition) is 7. The van der Waals surface area contributed by atoms with Crippen LogP contribution in [0.2, 0.25) is 0 Å². The lowest BCUT2D eigenvalue weighted by atomic mass is 9.49. The first kappa shape index (κ1) is 34.9. The Labute approximate surface area is 313 Å². The molecule has 2 heterocycles. The van der Waals surface area contributed by atoms with Crippen LogP contribution in [0.1, 0.15) is 89.0 Å². The van der Waals surface area contributed by atoms with Gasteiger partial charge in [-0.15, -0.1) is 0 Å². The lowest BCUT2D eigenvalue weighted by Gasteiger charge is -2.54. The number of aromatic nitrogens is 3. The fourth-order valence-electron chi connectivity index (χ4n) is 9.16. The Hall–Kier alpha value is -5.15. The molecule has 5 aromatic rings. The largest absolute Gasteiger partial charge is 0.494 e. The molecule has 7 nitrogen and oxygen atoms in total. The van der Waals surface area contributed by atoms with Crippen molar-refractivity contribution in [2.75, 3.05) is 0 Å². The van der Waals surface area contributed by atoms with Crippen LogP contribution in [-0.2, 0) is 14.7 Å². The minimum atomic E-state index is -0.393. The zero-order valence-corrected chi connectivity index (χ0v) is 31.1. The second-order valence-electron chi connectivity index (χ2n) is 16.2. The van der Waals surface area contributed by atoms with Crippen molar-refractivity contribution in [3.8, 4) is 46.3 Å². The summed E-state index contributed by atoms with van der Waals surface area (Å²) in [4.78, 5) is 14.8. The molecule has 2 saturated carbocycles. The van der Waals surface area contributed by atoms with E-state index in [0.29, 0.717) is 40.4 Å². The van der Waals surface area contributed by atoms with Crippen molar-refractivity contribution >= 4 is 12.6 Å². The Morgan fingerprint density at radius 1 is 0.604 bits per heavy atom. The minimum absolute atomic E-state index is 0.135. The van der Waals surface area contributed by atoms with Gasteiger partial charge in [0.15, 0.2) is 17.5 Å². The average Bonchev–Trinajstić information content (AvgIpc) is 3.41. The summed E-state index contributed by atoms with van der Waals surface area (Å²) >= 11 is 0. The van der Waals surface area contributed by atoms with Gasteiger partial charge in [0.1, 0.15) is 0 Å². The first-order chi connectivity index (χ1) is 25.5. The quantitative estimate of drug-likeness (QED) is 0.163. The molecule has 0 radical (unpaired) electrons. The van der Waals surface area contributed by atoms with Gasteiger partial charge in [0.05, 0.1) is 34.5 Å². The van der Waals surface area contributed by atoms with Crippen molar-refractivity contribution in [2.45, 2.75) is 83.3 Å². The predicted octanol–water partition coefficient (Wildman–Crippen LogP) is 9.05. The summed E-state index contributed by atoms with van der Waals surface area (Å²) in [5.74, 6) is 3.41. The van der Waals surface area contributed by atoms with Crippen molar-refractivity contribution in [1.29, 1.82) is 10.5 Å². The molecule has 53 heavy (non-hydrogen) atoms. The van der Waals surface area contributed by atoms with Crippen LogP contribution in [-0.4, -0.2) is 33.3 Å². The van der Waals surface area contributed by atoms with E-state index in [-0.39, 0.29) is 5.41 Å². The molecule has 4 unspecified atom stereocenters. The number of nitriles is 2. The van der Waals surface area contributed by atoms with Crippen LogP contribution >= 0.6 is 0 Å². The molecular formula is C45H44BN5O2. The summed E-state index contributed by atoms with van der Waals surface area (Å²) in [5, 5.41) is 18.7. The van der Waals surface area contributed by atoms with Crippen LogP contribution in [0, 0.1) is 40.4 Å². The smallest absolute Gasteiger partial charge is 0.399 e. The molecule has 8 heteroatoms. The fourth-order valence-corrected chi connectivity index (χ4v) is 9.16. The van der Waals surface area contributed by atoms with Gasteiger partial charge in [-0.2, -0.15) is 10.5 Å². The van der Waals surface area contributed by atoms with Crippen LogP contribution in [0.25, 0.3) is 34.2 Å². The fraction of sp³-hybridized carbons (Fsp3) is 0.356. The van der Waals surface area contributed by atoms with Gasteiger partial charge < -0.3 is 9.31 Å². The van der Waals surface area contributed by atoms with Crippen molar-refractivity contribution < 1.29 is 9.31 Å². The van der Waals surface area contributed by atoms with Gasteiger partial charge in [-0.1, -0.05) is 68.3 Å². The molecule has 8 rings (SSSR count). The maximum Gasteiger partial charge on any atom is 0.494 e. The van der Waals surface area contributed by atoms with Crippen molar-refractivity contribution in [3.05, 3.63) is 119 Å². The van der Waals surface area contributed by atoms with Crippen molar-refractivity contribution in [1.82, 2.24) is 15.0 Å². The highest BCUT2D eigenvalue weighted by Gasteiger charge is 2.53. The Kier molecular flexibility index (Phi) is 8.80. The molecule has 3 aliphatic rings. The highest BCUT2D eigenvalue weighted by atomic mass is 16.7. The Morgan fingerprint density at radius 2 is 1.04 bits per heavy atom. The SMILES string of the molecule is CC1CC2CCCC(C2)C1(c1ccc(B2OC(C)(C)C(C)(C)O2)cc1)c1ccc(-c2nc(-c3ccc(C#N)cc3)nc(-c3ccc(C#N)cc3)n2)cc1. The van der Waals surface area contributed by atoms with Gasteiger partial charge >= 0.3 is 7.12 Å². The van der Waals surface area contributed by atoms with Gasteiger partial charge in [0.25, 0.3) is 0 Å². The third kappa shape index (κ3) is 6.15. The summed E-state index contributed by atoms with van der Waals surface area (Å²) in [6.07, 6.45) is 6.29. The summed E-state index contributed by atoms with van der Waals surface area (Å²) in [6, 6.07) is 37.0. The maximum atomic E-state index is 9.37. The zero-order valence-electron chi connectivity index (χ0n) is 31.1. The summed E-state index contributed by atoms with van der Waals surface area (Å²) < 4.78 is 12.8. The standard InChI is InChI=1S/C45H44BN5O2/c1-29-25-32-7-6-8-38(26-32)45(29,37-21-23-39(24-22-37)46-52-43(2,3)44(4,5)53-46)36-19-17-35(18-20-36)42-50-40(33-13-9-30(27-47)10-14-33)49-41(51-42)34-15-11-31(28-48)12-16-34/h9-24,29,32,38H,6-8,25-26H2,1-5H3. The monoisotopic (exact) mass is 697 g/mol. The highest BCUT2D eigenvalue weighted by Crippen LogP contribution is 2.58. The molecule has 2 aliphatic carbocycles. The normalized spacial score (nSPS) is 24.3. The van der Waals surface area contributed by atoms with Gasteiger partial charge in [-0.05, 0) is 130 Å². The zero-order chi connectivity index (χ0) is 37.0. The van der Waals surface area contributed by atoms with E-state index in [9.17, 15) is 10.5 Å². The molecular weight excluding hydrogens is 653 g/mol. The average molecular weight is 698 g/mol. The van der Waals surface area contributed by atoms with Gasteiger partial charge in [-0.25, -0.2) is 15.0 Å². The van der Waals surface area contributed by atoms with Crippen molar-refractivity contribution in [2.24, 2.45) is 17.8 Å². The van der Waals surface area contributed by atoms with E-state index in [0.717, 1.165) is 28.1 Å². The Bertz CT molecular complexity index is 2130. The third-order valence-corrected chi connectivity index (χ3v) is 12.6. The van der Waals surface area contributed by atoms with Crippen LogP contribution in [0.3, 0.4) is 0 Å². The number of fused-ring (bicyclic) bond motifs is 2. The van der Waals surface area contributed by atoms with E-state index >= 15 is 0 Å². The van der Waals surface area contributed by atoms with Crippen LogP contribution in [0.15, 0.2) is 97.1 Å². The number of rotatable bonds is 6. The topological polar surface area (TPSA) is 105 Å². The van der Waals surface area contributed by atoms with E-state index in [1.165, 1.54) is 43.2 Å². The molecule has 0 amide bonds. The molecule has 1 saturated heterocycles. The molecule has 4 aromatic carbocycles. The van der Waals surface area contributed by atoms with Crippen molar-refractivity contribution in [3.63, 3.8) is 0 Å². The minimum Gasteiger partial charge on any atom is -0.399 e. The molecule has 1 aromatic heterocycles. The maximum absolute atomic E-state index is 9.37. The van der Waals surface area contributed by atoms with E-state index in [4.69, 9.17) is 24.3 Å². The van der Waals surface area contributed by atoms with E-state index in [2.05, 4.69) is 95.3 Å². The lowest BCUT2D eigenvalue weighted by Crippen LogP contribution is -2.49. The number of nitrogens with zero attached hydrogens (tertiary/aromatic N) is 5. The highest BCUT2D eigenvalue weighted by molar-refractivity contribution is 6.62. The molecule has 0 spiro atoms. The Morgan fingerprint density at radius 3 is 1.49 bits per heavy atom. The van der Waals surface area contributed by atoms with Gasteiger partial charge in [0, 0.05) is 22.1 Å². The van der Waals surface area contributed by atoms with Crippen LogP contribution in [0.5, 0.6) is 0 Å². The molecule has 0 N–H and O–H groups in total. The summed E-state index contributed by atoms with van der Waals surface area (Å²) in [6.45, 7) is 10.9. The summed E-state index contributed by atoms with van der Waals surface area (Å²) in [7, 11) is -0.393. The van der Waals surface area contributed by atoms with E-state index in [1.807, 2.05) is 24.3 Å². The first-order valence-corrected chi connectivity index (χ1v) is 18.8. The molecule has 4 atom stereocenters. The van der Waals surface area contributed by atoms with Crippen LogP contribution in [0.4, 0.5) is 0 Å². The molecule has 1 aliphatic heterocycles. The molecule has 2 bridgehead atoms. The van der Waals surface area contributed by atoms with Gasteiger partial charge in [-0.3, -0.25) is 0 Å². The second kappa shape index (κ2) is 13.4. The predicted molar refractivity (Wildman–Crippen MR) is 208 cm³/mol.